The van der Waals surface area contributed by atoms with E-state index in [1.165, 1.54) is 167 Å². The highest BCUT2D eigenvalue weighted by atomic mass is 31.2. The summed E-state index contributed by atoms with van der Waals surface area (Å²) >= 11 is 0. The fraction of sp³-hybridized carbons (Fsp3) is 1.00. The maximum absolute atomic E-state index is 12.5. The summed E-state index contributed by atoms with van der Waals surface area (Å²) < 4.78 is 12.5. The van der Waals surface area contributed by atoms with Crippen molar-refractivity contribution in [3.8, 4) is 0 Å². The molecule has 2 aliphatic rings. The van der Waals surface area contributed by atoms with Gasteiger partial charge in [0.25, 0.3) is 0 Å². The highest BCUT2D eigenvalue weighted by Crippen LogP contribution is 2.62. The molecule has 288 valence electrons. The minimum atomic E-state index is -2.84. The topological polar surface area (TPSA) is 37.3 Å². The molecule has 4 heteroatoms. The minimum absolute atomic E-state index is 0.148. The Labute approximate surface area is 305 Å². The van der Waals surface area contributed by atoms with Gasteiger partial charge in [0, 0.05) is 18.6 Å². The van der Waals surface area contributed by atoms with E-state index in [0.717, 1.165) is 25.7 Å². The Balaban J connectivity index is 0.000000628. The van der Waals surface area contributed by atoms with Crippen LogP contribution in [0, 0.1) is 0 Å². The minimum Gasteiger partial charge on any atom is -0.344 e. The molecule has 0 aromatic carbocycles. The fourth-order valence-corrected chi connectivity index (χ4v) is 16.5. The molecule has 0 radical (unpaired) electrons. The van der Waals surface area contributed by atoms with Crippen LogP contribution < -0.4 is 0 Å². The maximum Gasteiger partial charge on any atom is 0.206 e. The highest BCUT2D eigenvalue weighted by molar-refractivity contribution is 7.75. The summed E-state index contributed by atoms with van der Waals surface area (Å²) in [5, 5.41) is 0. The van der Waals surface area contributed by atoms with Gasteiger partial charge >= 0.3 is 0 Å². The molecule has 2 fully saturated rings. The van der Waals surface area contributed by atoms with Gasteiger partial charge in [0.05, 0.1) is 24.6 Å². The second kappa shape index (κ2) is 32.3. The third-order valence-corrected chi connectivity index (χ3v) is 20.3. The Bertz CT molecular complexity index is 659. The summed E-state index contributed by atoms with van der Waals surface area (Å²) in [5.41, 5.74) is 0.295. The monoisotopic (exact) mass is 714 g/mol. The molecule has 0 heterocycles. The molecular weight excluding hydrogens is 622 g/mol. The van der Waals surface area contributed by atoms with Gasteiger partial charge in [0.15, 0.2) is 0 Å². The average Bonchev–Trinajstić information content (AvgIpc) is 3.12. The second-order valence-corrected chi connectivity index (χ2v) is 23.8. The smallest absolute Gasteiger partial charge is 0.206 e. The quantitative estimate of drug-likeness (QED) is 0.0594. The molecule has 0 spiro atoms. The molecular formula is C44H91O2P2+. The summed E-state index contributed by atoms with van der Waals surface area (Å²) in [4.78, 5) is 10.3. The van der Waals surface area contributed by atoms with Crippen LogP contribution in [0.1, 0.15) is 246 Å². The van der Waals surface area contributed by atoms with Crippen molar-refractivity contribution in [3.05, 3.63) is 0 Å². The number of hydrogen-bond donors (Lipinski definition) is 1. The van der Waals surface area contributed by atoms with Gasteiger partial charge in [-0.05, 0) is 77.0 Å². The van der Waals surface area contributed by atoms with Gasteiger partial charge in [0.2, 0.25) is 7.37 Å². The molecule has 2 rings (SSSR count). The molecule has 2 saturated carbocycles. The third-order valence-electron chi connectivity index (χ3n) is 12.1. The molecule has 2 nitrogen and oxygen atoms in total. The summed E-state index contributed by atoms with van der Waals surface area (Å²) in [6.07, 6.45) is 53.3. The van der Waals surface area contributed by atoms with Gasteiger partial charge in [-0.3, -0.25) is 4.57 Å². The molecule has 0 aromatic rings. The standard InChI is InChI=1S/C32H68P.C12H23O2P/c1-5-9-13-17-18-19-20-21-22-23-24-28-32-33(29-25-14-10-6-2,30-26-15-11-7-3)31-27-16-12-8-4;13-15(14,11-7-3-1-4-8-11)12-9-5-2-6-10-12/h5-32H2,1-4H3;11-12H,1-10H2,(H,13,14)/q+1;. The van der Waals surface area contributed by atoms with Crippen molar-refractivity contribution in [1.29, 1.82) is 0 Å². The predicted molar refractivity (Wildman–Crippen MR) is 223 cm³/mol. The molecule has 0 unspecified atom stereocenters. The molecule has 0 atom stereocenters. The first kappa shape index (κ1) is 46.6. The Morgan fingerprint density at radius 2 is 0.625 bits per heavy atom. The first-order valence-electron chi connectivity index (χ1n) is 22.6. The summed E-state index contributed by atoms with van der Waals surface area (Å²) in [5.74, 6) is 0. The zero-order chi connectivity index (χ0) is 35.0. The van der Waals surface area contributed by atoms with Crippen LogP contribution in [0.5, 0.6) is 0 Å². The summed E-state index contributed by atoms with van der Waals surface area (Å²) in [6, 6.07) is 0. The van der Waals surface area contributed by atoms with Crippen LogP contribution in [-0.4, -0.2) is 40.9 Å². The molecule has 0 amide bonds. The molecule has 1 N–H and O–H groups in total. The first-order valence-corrected chi connectivity index (χ1v) is 27.0. The Kier molecular flexibility index (Phi) is 31.4. The zero-order valence-electron chi connectivity index (χ0n) is 33.8. The van der Waals surface area contributed by atoms with Gasteiger partial charge in [-0.25, -0.2) is 0 Å². The third kappa shape index (κ3) is 23.2. The van der Waals surface area contributed by atoms with Crippen molar-refractivity contribution in [1.82, 2.24) is 0 Å². The van der Waals surface area contributed by atoms with Crippen molar-refractivity contribution in [2.75, 3.05) is 24.6 Å². The SMILES string of the molecule is CCCCCCCCCCCCCC[P+](CCCCCC)(CCCCCC)CCCCCC.O=P(O)(C1CCCCC1)C1CCCCC1. The van der Waals surface area contributed by atoms with Gasteiger partial charge in [-0.15, -0.1) is 0 Å². The normalized spacial score (nSPS) is 16.6. The number of hydrogen-bond acceptors (Lipinski definition) is 1. The van der Waals surface area contributed by atoms with E-state index < -0.39 is 14.6 Å². The molecule has 0 bridgehead atoms. The lowest BCUT2D eigenvalue weighted by Crippen LogP contribution is -2.23. The van der Waals surface area contributed by atoms with Gasteiger partial charge in [-0.1, -0.05) is 169 Å². The van der Waals surface area contributed by atoms with Crippen LogP contribution in [0.3, 0.4) is 0 Å². The molecule has 0 saturated heterocycles. The van der Waals surface area contributed by atoms with E-state index in [1.807, 2.05) is 0 Å². The summed E-state index contributed by atoms with van der Waals surface area (Å²) in [7, 11) is -3.54. The number of unbranched alkanes of at least 4 members (excludes halogenated alkanes) is 20. The van der Waals surface area contributed by atoms with Crippen LogP contribution in [0.4, 0.5) is 0 Å². The van der Waals surface area contributed by atoms with Crippen LogP contribution >= 0.6 is 14.6 Å². The van der Waals surface area contributed by atoms with Crippen LogP contribution in [0.15, 0.2) is 0 Å². The lowest BCUT2D eigenvalue weighted by Gasteiger charge is -2.34. The van der Waals surface area contributed by atoms with Crippen molar-refractivity contribution < 1.29 is 9.46 Å². The van der Waals surface area contributed by atoms with Gasteiger partial charge in [-0.2, -0.15) is 0 Å². The number of rotatable bonds is 30. The highest BCUT2D eigenvalue weighted by Gasteiger charge is 2.39. The molecule has 48 heavy (non-hydrogen) atoms. The van der Waals surface area contributed by atoms with E-state index in [4.69, 9.17) is 0 Å². The van der Waals surface area contributed by atoms with E-state index in [0.29, 0.717) is 0 Å². The van der Waals surface area contributed by atoms with E-state index in [2.05, 4.69) is 27.7 Å². The zero-order valence-corrected chi connectivity index (χ0v) is 35.6. The van der Waals surface area contributed by atoms with Crippen molar-refractivity contribution >= 4 is 14.6 Å². The lowest BCUT2D eigenvalue weighted by atomic mass is 10.00. The molecule has 0 aliphatic heterocycles. The summed E-state index contributed by atoms with van der Waals surface area (Å²) in [6.45, 7) is 9.41. The maximum atomic E-state index is 12.5. The van der Waals surface area contributed by atoms with E-state index in [9.17, 15) is 9.46 Å². The fourth-order valence-electron chi connectivity index (χ4n) is 8.78. The van der Waals surface area contributed by atoms with Crippen LogP contribution in [-0.2, 0) is 4.57 Å². The van der Waals surface area contributed by atoms with Crippen molar-refractivity contribution in [3.63, 3.8) is 0 Å². The average molecular weight is 714 g/mol. The van der Waals surface area contributed by atoms with Crippen molar-refractivity contribution in [2.24, 2.45) is 0 Å². The first-order chi connectivity index (χ1) is 23.5. The van der Waals surface area contributed by atoms with Crippen LogP contribution in [0.2, 0.25) is 0 Å². The predicted octanol–water partition coefficient (Wildman–Crippen LogP) is 16.4. The largest absolute Gasteiger partial charge is 0.344 e. The molecule has 2 aliphatic carbocycles. The van der Waals surface area contributed by atoms with E-state index in [1.54, 1.807) is 50.3 Å². The molecule has 0 aromatic heterocycles. The van der Waals surface area contributed by atoms with E-state index in [-0.39, 0.29) is 11.3 Å². The Morgan fingerprint density at radius 3 is 0.896 bits per heavy atom. The van der Waals surface area contributed by atoms with Crippen molar-refractivity contribution in [2.45, 2.75) is 257 Å². The van der Waals surface area contributed by atoms with E-state index >= 15 is 0 Å². The van der Waals surface area contributed by atoms with Gasteiger partial charge < -0.3 is 4.89 Å². The lowest BCUT2D eigenvalue weighted by molar-refractivity contribution is 0.386. The van der Waals surface area contributed by atoms with Gasteiger partial charge in [0.1, 0.15) is 0 Å². The Morgan fingerprint density at radius 1 is 0.396 bits per heavy atom. The van der Waals surface area contributed by atoms with Crippen LogP contribution in [0.25, 0.3) is 0 Å². The second-order valence-electron chi connectivity index (χ2n) is 16.6. The Hall–Kier alpha value is 0.620.